The molecule has 0 saturated heterocycles. The molecular formula is C27H32N4O5. The van der Waals surface area contributed by atoms with Crippen molar-refractivity contribution in [2.75, 3.05) is 10.2 Å². The van der Waals surface area contributed by atoms with Gasteiger partial charge >= 0.3 is 0 Å². The van der Waals surface area contributed by atoms with Crippen LogP contribution >= 0.6 is 0 Å². The summed E-state index contributed by atoms with van der Waals surface area (Å²) in [5.41, 5.74) is 6.16. The Morgan fingerprint density at radius 3 is 2.50 bits per heavy atom. The Morgan fingerprint density at radius 2 is 1.89 bits per heavy atom. The number of primary amides is 1. The molecule has 190 valence electrons. The third kappa shape index (κ3) is 4.78. The van der Waals surface area contributed by atoms with Gasteiger partial charge < -0.3 is 20.0 Å². The van der Waals surface area contributed by atoms with E-state index >= 15 is 0 Å². The highest BCUT2D eigenvalue weighted by atomic mass is 16.5. The Bertz CT molecular complexity index is 1210. The summed E-state index contributed by atoms with van der Waals surface area (Å²) in [5.74, 6) is -0.457. The molecule has 3 N–H and O–H groups in total. The molecule has 2 aromatic heterocycles. The summed E-state index contributed by atoms with van der Waals surface area (Å²) in [6.45, 7) is 3.71. The Balaban J connectivity index is 1.75. The van der Waals surface area contributed by atoms with Crippen LogP contribution in [0, 0.1) is 12.8 Å². The molecule has 1 saturated carbocycles. The molecule has 1 aliphatic carbocycles. The lowest BCUT2D eigenvalue weighted by Gasteiger charge is -2.45. The number of benzene rings is 1. The molecule has 0 radical (unpaired) electrons. The zero-order valence-electron chi connectivity index (χ0n) is 20.7. The summed E-state index contributed by atoms with van der Waals surface area (Å²) in [6.07, 6.45) is 5.21. The maximum absolute atomic E-state index is 14.0. The Labute approximate surface area is 210 Å². The topological polar surface area (TPSA) is 132 Å². The van der Waals surface area contributed by atoms with Gasteiger partial charge in [-0.25, -0.2) is 0 Å². The number of nitrogens with zero attached hydrogens (tertiary/aromatic N) is 2. The maximum Gasteiger partial charge on any atom is 0.252 e. The number of aryl methyl sites for hydroxylation is 2. The maximum atomic E-state index is 14.0. The van der Waals surface area contributed by atoms with Crippen LogP contribution in [0.2, 0.25) is 0 Å². The van der Waals surface area contributed by atoms with Gasteiger partial charge in [0.15, 0.2) is 11.4 Å². The number of amides is 3. The molecule has 2 heterocycles. The fourth-order valence-electron chi connectivity index (χ4n) is 5.28. The van der Waals surface area contributed by atoms with Crippen molar-refractivity contribution in [3.8, 4) is 0 Å². The van der Waals surface area contributed by atoms with Crippen molar-refractivity contribution in [3.63, 3.8) is 0 Å². The van der Waals surface area contributed by atoms with E-state index in [1.165, 1.54) is 11.2 Å². The fourth-order valence-corrected chi connectivity index (χ4v) is 5.28. The zero-order valence-corrected chi connectivity index (χ0v) is 20.7. The van der Waals surface area contributed by atoms with E-state index in [1.807, 2.05) is 31.2 Å². The van der Waals surface area contributed by atoms with Crippen LogP contribution in [0.5, 0.6) is 0 Å². The molecule has 1 unspecified atom stereocenters. The molecule has 36 heavy (non-hydrogen) atoms. The van der Waals surface area contributed by atoms with Gasteiger partial charge in [-0.15, -0.1) is 0 Å². The number of para-hydroxylation sites is 1. The summed E-state index contributed by atoms with van der Waals surface area (Å²) < 4.78 is 10.8. The van der Waals surface area contributed by atoms with Gasteiger partial charge in [-0.3, -0.25) is 19.3 Å². The number of hydrogen-bond acceptors (Lipinski definition) is 6. The molecule has 4 rings (SSSR count). The molecule has 3 amide bonds. The SMILES string of the molecule is CCc1ccccc1N(C(=O)CCC(=O)Nc1cc(C)on1)C(C(N)=O)(c1ccco1)C1CCCC1. The number of carbonyl (C=O) groups is 3. The van der Waals surface area contributed by atoms with Crippen molar-refractivity contribution in [2.24, 2.45) is 11.7 Å². The zero-order chi connectivity index (χ0) is 25.7. The highest BCUT2D eigenvalue weighted by Gasteiger charge is 2.56. The number of furan rings is 1. The van der Waals surface area contributed by atoms with Crippen molar-refractivity contribution in [1.82, 2.24) is 5.16 Å². The first-order valence-electron chi connectivity index (χ1n) is 12.4. The summed E-state index contributed by atoms with van der Waals surface area (Å²) in [5, 5.41) is 6.40. The van der Waals surface area contributed by atoms with Crippen LogP contribution in [0.25, 0.3) is 0 Å². The molecule has 0 spiro atoms. The summed E-state index contributed by atoms with van der Waals surface area (Å²) in [4.78, 5) is 41.6. The largest absolute Gasteiger partial charge is 0.466 e. The van der Waals surface area contributed by atoms with Gasteiger partial charge in [0, 0.05) is 24.6 Å². The van der Waals surface area contributed by atoms with E-state index in [4.69, 9.17) is 14.7 Å². The first-order chi connectivity index (χ1) is 17.4. The highest BCUT2D eigenvalue weighted by molar-refractivity contribution is 6.05. The third-order valence-electron chi connectivity index (χ3n) is 6.90. The standard InChI is InChI=1S/C27H32N4O5/c1-3-19-9-4-7-12-21(19)31(25(33)15-14-24(32)29-23-17-18(2)36-30-23)27(26(28)34,20-10-5-6-11-20)22-13-8-16-35-22/h4,7-9,12-13,16-17,20H,3,5-6,10-11,14-15H2,1-2H3,(H2,28,34)(H,29,30,32). The van der Waals surface area contributed by atoms with Crippen LogP contribution in [0.3, 0.4) is 0 Å². The molecule has 1 aliphatic rings. The van der Waals surface area contributed by atoms with Gasteiger partial charge in [0.1, 0.15) is 11.5 Å². The van der Waals surface area contributed by atoms with E-state index in [9.17, 15) is 14.4 Å². The van der Waals surface area contributed by atoms with E-state index in [0.29, 0.717) is 23.6 Å². The Morgan fingerprint density at radius 1 is 1.14 bits per heavy atom. The fraction of sp³-hybridized carbons (Fsp3) is 0.407. The minimum Gasteiger partial charge on any atom is -0.466 e. The summed E-state index contributed by atoms with van der Waals surface area (Å²) in [7, 11) is 0. The van der Waals surface area contributed by atoms with Gasteiger partial charge in [-0.2, -0.15) is 0 Å². The molecule has 0 aliphatic heterocycles. The van der Waals surface area contributed by atoms with Crippen LogP contribution in [0.15, 0.2) is 57.7 Å². The second kappa shape index (κ2) is 10.8. The molecular weight excluding hydrogens is 460 g/mol. The average Bonchev–Trinajstić information content (AvgIpc) is 3.65. The second-order valence-corrected chi connectivity index (χ2v) is 9.17. The minimum absolute atomic E-state index is 0.104. The molecule has 0 bridgehead atoms. The minimum atomic E-state index is -1.51. The van der Waals surface area contributed by atoms with Crippen LogP contribution in [-0.4, -0.2) is 22.9 Å². The van der Waals surface area contributed by atoms with E-state index in [1.54, 1.807) is 25.1 Å². The molecule has 9 nitrogen and oxygen atoms in total. The monoisotopic (exact) mass is 492 g/mol. The molecule has 1 aromatic carbocycles. The molecule has 9 heteroatoms. The van der Waals surface area contributed by atoms with Gasteiger partial charge in [0.05, 0.1) is 6.26 Å². The normalized spacial score (nSPS) is 15.4. The number of rotatable bonds is 10. The van der Waals surface area contributed by atoms with Crippen LogP contribution in [0.4, 0.5) is 11.5 Å². The predicted molar refractivity (Wildman–Crippen MR) is 134 cm³/mol. The van der Waals surface area contributed by atoms with Crippen molar-refractivity contribution in [2.45, 2.75) is 64.3 Å². The van der Waals surface area contributed by atoms with E-state index in [0.717, 1.165) is 31.2 Å². The number of carbonyl (C=O) groups excluding carboxylic acids is 3. The van der Waals surface area contributed by atoms with Crippen LogP contribution in [0.1, 0.15) is 62.5 Å². The predicted octanol–water partition coefficient (Wildman–Crippen LogP) is 4.46. The highest BCUT2D eigenvalue weighted by Crippen LogP contribution is 2.47. The Hall–Kier alpha value is -3.88. The number of nitrogens with one attached hydrogen (secondary N) is 1. The lowest BCUT2D eigenvalue weighted by atomic mass is 9.77. The van der Waals surface area contributed by atoms with Crippen molar-refractivity contribution < 1.29 is 23.3 Å². The first kappa shape index (κ1) is 25.2. The first-order valence-corrected chi connectivity index (χ1v) is 12.4. The number of aromatic nitrogens is 1. The van der Waals surface area contributed by atoms with Crippen molar-refractivity contribution in [1.29, 1.82) is 0 Å². The molecule has 1 atom stereocenters. The van der Waals surface area contributed by atoms with Gasteiger partial charge in [-0.05, 0) is 55.9 Å². The molecule has 3 aromatic rings. The van der Waals surface area contributed by atoms with Crippen LogP contribution in [-0.2, 0) is 26.3 Å². The van der Waals surface area contributed by atoms with E-state index in [-0.39, 0.29) is 36.4 Å². The van der Waals surface area contributed by atoms with Gasteiger partial charge in [0.2, 0.25) is 11.8 Å². The summed E-state index contributed by atoms with van der Waals surface area (Å²) in [6, 6.07) is 12.5. The van der Waals surface area contributed by atoms with E-state index < -0.39 is 11.4 Å². The van der Waals surface area contributed by atoms with Crippen molar-refractivity contribution in [3.05, 3.63) is 65.8 Å². The van der Waals surface area contributed by atoms with Gasteiger partial charge in [-0.1, -0.05) is 43.1 Å². The molecule has 1 fully saturated rings. The lowest BCUT2D eigenvalue weighted by molar-refractivity contribution is -0.132. The third-order valence-corrected chi connectivity index (χ3v) is 6.90. The number of hydrogen-bond donors (Lipinski definition) is 2. The quantitative estimate of drug-likeness (QED) is 0.429. The van der Waals surface area contributed by atoms with Gasteiger partial charge in [0.25, 0.3) is 5.91 Å². The summed E-state index contributed by atoms with van der Waals surface area (Å²) >= 11 is 0. The second-order valence-electron chi connectivity index (χ2n) is 9.17. The lowest BCUT2D eigenvalue weighted by Crippen LogP contribution is -2.61. The smallest absolute Gasteiger partial charge is 0.252 e. The Kier molecular flexibility index (Phi) is 7.57. The van der Waals surface area contributed by atoms with Crippen molar-refractivity contribution >= 4 is 29.2 Å². The van der Waals surface area contributed by atoms with E-state index in [2.05, 4.69) is 10.5 Å². The van der Waals surface area contributed by atoms with Crippen LogP contribution < -0.4 is 16.0 Å². The number of anilines is 2. The number of nitrogens with two attached hydrogens (primary N) is 1. The average molecular weight is 493 g/mol.